The topological polar surface area (TPSA) is 93.7 Å². The number of nitrogens with one attached hydrogen (secondary N) is 2. The minimum absolute atomic E-state index is 0.0120. The van der Waals surface area contributed by atoms with E-state index in [-0.39, 0.29) is 29.7 Å². The molecule has 2 rings (SSSR count). The Morgan fingerprint density at radius 1 is 1.11 bits per heavy atom. The van der Waals surface area contributed by atoms with Gasteiger partial charge in [-0.05, 0) is 44.2 Å². The van der Waals surface area contributed by atoms with Gasteiger partial charge in [0.05, 0.1) is 23.3 Å². The van der Waals surface area contributed by atoms with Crippen LogP contribution in [0, 0.1) is 0 Å². The van der Waals surface area contributed by atoms with Gasteiger partial charge in [0, 0.05) is 19.2 Å². The van der Waals surface area contributed by atoms with E-state index >= 15 is 0 Å². The van der Waals surface area contributed by atoms with Crippen molar-refractivity contribution in [2.75, 3.05) is 25.6 Å². The maximum atomic E-state index is 12.6. The molecule has 0 atom stereocenters. The van der Waals surface area contributed by atoms with E-state index in [9.17, 15) is 13.2 Å². The number of hydrogen-bond acceptors (Lipinski definition) is 5. The van der Waals surface area contributed by atoms with Crippen molar-refractivity contribution < 1.29 is 22.7 Å². The van der Waals surface area contributed by atoms with Crippen LogP contribution in [-0.4, -0.2) is 40.7 Å². The third-order valence-corrected chi connectivity index (χ3v) is 4.96. The first-order valence-electron chi connectivity index (χ1n) is 8.49. The minimum Gasteiger partial charge on any atom is -0.489 e. The Balaban J connectivity index is 2.19. The predicted molar refractivity (Wildman–Crippen MR) is 104 cm³/mol. The van der Waals surface area contributed by atoms with Crippen molar-refractivity contribution in [3.8, 4) is 5.75 Å². The molecule has 0 aliphatic rings. The number of anilines is 1. The highest BCUT2D eigenvalue weighted by Gasteiger charge is 2.17. The molecule has 8 heteroatoms. The molecule has 0 bridgehead atoms. The molecule has 0 spiro atoms. The molecular weight excluding hydrogens is 368 g/mol. The first-order chi connectivity index (χ1) is 12.8. The average Bonchev–Trinajstić information content (AvgIpc) is 2.63. The van der Waals surface area contributed by atoms with E-state index in [4.69, 9.17) is 9.47 Å². The lowest BCUT2D eigenvalue weighted by Gasteiger charge is -2.15. The fourth-order valence-electron chi connectivity index (χ4n) is 2.29. The molecular formula is C19H24N2O5S. The Hall–Kier alpha value is -2.42. The van der Waals surface area contributed by atoms with Gasteiger partial charge in [-0.15, -0.1) is 0 Å². The third kappa shape index (κ3) is 6.06. The van der Waals surface area contributed by atoms with Crippen LogP contribution in [0.2, 0.25) is 0 Å². The van der Waals surface area contributed by atoms with Crippen LogP contribution in [0.15, 0.2) is 53.4 Å². The molecule has 1 amide bonds. The SMILES string of the molecule is COCCNS(=O)(=O)c1cccc(C(=O)Nc2ccccc2OC(C)C)c1. The second-order valence-electron chi connectivity index (χ2n) is 6.04. The van der Waals surface area contributed by atoms with Crippen molar-refractivity contribution in [2.24, 2.45) is 0 Å². The van der Waals surface area contributed by atoms with Crippen LogP contribution in [0.3, 0.4) is 0 Å². The van der Waals surface area contributed by atoms with Crippen molar-refractivity contribution >= 4 is 21.6 Å². The molecule has 0 aliphatic heterocycles. The number of benzene rings is 2. The summed E-state index contributed by atoms with van der Waals surface area (Å²) in [5.74, 6) is 0.120. The Morgan fingerprint density at radius 3 is 2.56 bits per heavy atom. The molecule has 0 radical (unpaired) electrons. The lowest BCUT2D eigenvalue weighted by atomic mass is 10.2. The second kappa shape index (κ2) is 9.50. The lowest BCUT2D eigenvalue weighted by molar-refractivity contribution is 0.102. The summed E-state index contributed by atoms with van der Waals surface area (Å²) in [5, 5.41) is 2.76. The summed E-state index contributed by atoms with van der Waals surface area (Å²) in [7, 11) is -2.23. The first kappa shape index (κ1) is 20.9. The molecule has 0 saturated heterocycles. The molecule has 0 heterocycles. The highest BCUT2D eigenvalue weighted by atomic mass is 32.2. The van der Waals surface area contributed by atoms with Crippen molar-refractivity contribution in [3.63, 3.8) is 0 Å². The third-order valence-electron chi connectivity index (χ3n) is 3.50. The van der Waals surface area contributed by atoms with Gasteiger partial charge in [0.1, 0.15) is 5.75 Å². The fourth-order valence-corrected chi connectivity index (χ4v) is 3.35. The fraction of sp³-hybridized carbons (Fsp3) is 0.316. The van der Waals surface area contributed by atoms with Crippen molar-refractivity contribution in [1.82, 2.24) is 4.72 Å². The second-order valence-corrected chi connectivity index (χ2v) is 7.80. The van der Waals surface area contributed by atoms with Crippen molar-refractivity contribution in [2.45, 2.75) is 24.8 Å². The van der Waals surface area contributed by atoms with Gasteiger partial charge in [0.15, 0.2) is 0 Å². The number of rotatable bonds is 9. The average molecular weight is 392 g/mol. The van der Waals surface area contributed by atoms with Crippen LogP contribution >= 0.6 is 0 Å². The van der Waals surface area contributed by atoms with E-state index in [0.29, 0.717) is 11.4 Å². The molecule has 0 fully saturated rings. The summed E-state index contributed by atoms with van der Waals surface area (Å²) < 4.78 is 37.5. The van der Waals surface area contributed by atoms with Crippen molar-refractivity contribution in [1.29, 1.82) is 0 Å². The summed E-state index contributed by atoms with van der Waals surface area (Å²) in [5.41, 5.74) is 0.742. The normalized spacial score (nSPS) is 11.4. The highest BCUT2D eigenvalue weighted by Crippen LogP contribution is 2.25. The monoisotopic (exact) mass is 392 g/mol. The number of para-hydroxylation sites is 2. The van der Waals surface area contributed by atoms with Gasteiger partial charge in [-0.1, -0.05) is 18.2 Å². The number of ether oxygens (including phenoxy) is 2. The van der Waals surface area contributed by atoms with E-state index in [1.807, 2.05) is 19.9 Å². The van der Waals surface area contributed by atoms with Crippen LogP contribution in [0.25, 0.3) is 0 Å². The lowest BCUT2D eigenvalue weighted by Crippen LogP contribution is -2.27. The van der Waals surface area contributed by atoms with E-state index < -0.39 is 15.9 Å². The molecule has 0 unspecified atom stereocenters. The smallest absolute Gasteiger partial charge is 0.255 e. The minimum atomic E-state index is -3.72. The molecule has 0 saturated carbocycles. The van der Waals surface area contributed by atoms with Crippen LogP contribution in [0.4, 0.5) is 5.69 Å². The maximum Gasteiger partial charge on any atom is 0.255 e. The van der Waals surface area contributed by atoms with Gasteiger partial charge >= 0.3 is 0 Å². The zero-order chi connectivity index (χ0) is 19.9. The summed E-state index contributed by atoms with van der Waals surface area (Å²) in [6, 6.07) is 12.9. The molecule has 7 nitrogen and oxygen atoms in total. The summed E-state index contributed by atoms with van der Waals surface area (Å²) in [6.45, 7) is 4.19. The molecule has 2 N–H and O–H groups in total. The van der Waals surface area contributed by atoms with Gasteiger partial charge in [-0.25, -0.2) is 13.1 Å². The van der Waals surface area contributed by atoms with Gasteiger partial charge < -0.3 is 14.8 Å². The number of carbonyl (C=O) groups is 1. The number of carbonyl (C=O) groups excluding carboxylic acids is 1. The molecule has 2 aromatic carbocycles. The van der Waals surface area contributed by atoms with Crippen LogP contribution < -0.4 is 14.8 Å². The standard InChI is InChI=1S/C19H24N2O5S/c1-14(2)26-18-10-5-4-9-17(18)21-19(22)15-7-6-8-16(13-15)27(23,24)20-11-12-25-3/h4-10,13-14,20H,11-12H2,1-3H3,(H,21,22). The summed E-state index contributed by atoms with van der Waals surface area (Å²) in [6.07, 6.45) is -0.0466. The van der Waals surface area contributed by atoms with E-state index in [1.165, 1.54) is 25.3 Å². The number of sulfonamides is 1. The highest BCUT2D eigenvalue weighted by molar-refractivity contribution is 7.89. The van der Waals surface area contributed by atoms with Gasteiger partial charge in [0.25, 0.3) is 5.91 Å². The zero-order valence-corrected chi connectivity index (χ0v) is 16.4. The van der Waals surface area contributed by atoms with Gasteiger partial charge in [-0.3, -0.25) is 4.79 Å². The van der Waals surface area contributed by atoms with E-state index in [2.05, 4.69) is 10.0 Å². The van der Waals surface area contributed by atoms with Crippen LogP contribution in [-0.2, 0) is 14.8 Å². The first-order valence-corrected chi connectivity index (χ1v) is 9.97. The molecule has 0 aliphatic carbocycles. The van der Waals surface area contributed by atoms with E-state index in [0.717, 1.165) is 0 Å². The quantitative estimate of drug-likeness (QED) is 0.640. The predicted octanol–water partition coefficient (Wildman–Crippen LogP) is 2.65. The molecule has 146 valence electrons. The zero-order valence-electron chi connectivity index (χ0n) is 15.6. The molecule has 2 aromatic rings. The van der Waals surface area contributed by atoms with E-state index in [1.54, 1.807) is 24.3 Å². The number of hydrogen-bond donors (Lipinski definition) is 2. The molecule has 27 heavy (non-hydrogen) atoms. The maximum absolute atomic E-state index is 12.6. The van der Waals surface area contributed by atoms with Gasteiger partial charge in [-0.2, -0.15) is 0 Å². The summed E-state index contributed by atoms with van der Waals surface area (Å²) >= 11 is 0. The van der Waals surface area contributed by atoms with Crippen molar-refractivity contribution in [3.05, 3.63) is 54.1 Å². The van der Waals surface area contributed by atoms with Crippen LogP contribution in [0.1, 0.15) is 24.2 Å². The van der Waals surface area contributed by atoms with Crippen LogP contribution in [0.5, 0.6) is 5.75 Å². The Bertz CT molecular complexity index is 881. The number of amides is 1. The Labute approximate surface area is 159 Å². The Morgan fingerprint density at radius 2 is 1.85 bits per heavy atom. The molecule has 0 aromatic heterocycles. The largest absolute Gasteiger partial charge is 0.489 e. The Kier molecular flexibility index (Phi) is 7.35. The number of methoxy groups -OCH3 is 1. The summed E-state index contributed by atoms with van der Waals surface area (Å²) in [4.78, 5) is 12.6. The van der Waals surface area contributed by atoms with Gasteiger partial charge in [0.2, 0.25) is 10.0 Å².